The lowest BCUT2D eigenvalue weighted by Crippen LogP contribution is -2.29. The largest absolute Gasteiger partial charge is 0.358 e. The molecule has 0 aliphatic rings. The van der Waals surface area contributed by atoms with Gasteiger partial charge in [0.1, 0.15) is 5.82 Å². The zero-order valence-corrected chi connectivity index (χ0v) is 10.4. The van der Waals surface area contributed by atoms with E-state index in [-0.39, 0.29) is 0 Å². The number of aryl methyl sites for hydroxylation is 1. The maximum atomic E-state index is 8.88. The summed E-state index contributed by atoms with van der Waals surface area (Å²) in [5, 5.41) is 8.88. The van der Waals surface area contributed by atoms with Crippen LogP contribution in [0.5, 0.6) is 0 Å². The average Bonchev–Trinajstić information content (AvgIpc) is 2.24. The van der Waals surface area contributed by atoms with Gasteiger partial charge >= 0.3 is 0 Å². The first-order valence-electron chi connectivity index (χ1n) is 5.27. The molecule has 16 heavy (non-hydrogen) atoms. The molecule has 4 nitrogen and oxygen atoms in total. The Morgan fingerprint density at radius 2 is 1.94 bits per heavy atom. The van der Waals surface area contributed by atoms with Crippen molar-refractivity contribution in [3.8, 4) is 6.07 Å². The van der Waals surface area contributed by atoms with Crippen LogP contribution in [0.4, 0.5) is 5.82 Å². The molecular weight excluding hydrogens is 200 g/mol. The van der Waals surface area contributed by atoms with Gasteiger partial charge in [-0.2, -0.15) is 5.26 Å². The van der Waals surface area contributed by atoms with Crippen molar-refractivity contribution in [1.82, 2.24) is 9.88 Å². The minimum Gasteiger partial charge on any atom is -0.358 e. The molecule has 0 aliphatic carbocycles. The maximum Gasteiger partial charge on any atom is 0.129 e. The summed E-state index contributed by atoms with van der Waals surface area (Å²) in [5.41, 5.74) is 1.55. The molecule has 0 atom stereocenters. The summed E-state index contributed by atoms with van der Waals surface area (Å²) in [6, 6.07) is 5.77. The Labute approximate surface area is 97.1 Å². The van der Waals surface area contributed by atoms with Crippen LogP contribution in [0.3, 0.4) is 0 Å². The van der Waals surface area contributed by atoms with Crippen LogP contribution < -0.4 is 4.90 Å². The molecule has 0 radical (unpaired) electrons. The van der Waals surface area contributed by atoms with Gasteiger partial charge in [-0.3, -0.25) is 0 Å². The first-order chi connectivity index (χ1) is 7.52. The second-order valence-electron chi connectivity index (χ2n) is 4.19. The Morgan fingerprint density at radius 1 is 1.25 bits per heavy atom. The highest BCUT2D eigenvalue weighted by Crippen LogP contribution is 2.12. The van der Waals surface area contributed by atoms with E-state index >= 15 is 0 Å². The van der Waals surface area contributed by atoms with Gasteiger partial charge in [0.15, 0.2) is 0 Å². The Morgan fingerprint density at radius 3 is 2.50 bits per heavy atom. The van der Waals surface area contributed by atoms with E-state index in [1.807, 2.05) is 34.1 Å². The number of likely N-dealkylation sites (N-methyl/N-ethyl adjacent to an activating group) is 2. The van der Waals surface area contributed by atoms with E-state index in [9.17, 15) is 0 Å². The van der Waals surface area contributed by atoms with Gasteiger partial charge < -0.3 is 9.80 Å². The molecule has 86 valence electrons. The number of nitrogens with zero attached hydrogens (tertiary/aromatic N) is 4. The Kier molecular flexibility index (Phi) is 4.27. The Bertz CT molecular complexity index is 392. The average molecular weight is 218 g/mol. The minimum atomic E-state index is 0.666. The third kappa shape index (κ3) is 3.52. The van der Waals surface area contributed by atoms with Crippen LogP contribution in [0.25, 0.3) is 0 Å². The number of nitriles is 1. The molecule has 0 aliphatic heterocycles. The van der Waals surface area contributed by atoms with Crippen LogP contribution in [0.2, 0.25) is 0 Å². The molecule has 0 unspecified atom stereocenters. The summed E-state index contributed by atoms with van der Waals surface area (Å²) in [6.07, 6.45) is 0. The molecule has 0 aromatic carbocycles. The Balaban J connectivity index is 2.79. The van der Waals surface area contributed by atoms with E-state index in [1.54, 1.807) is 6.07 Å². The molecule has 1 rings (SSSR count). The van der Waals surface area contributed by atoms with E-state index in [4.69, 9.17) is 5.26 Å². The molecule has 0 amide bonds. The van der Waals surface area contributed by atoms with Crippen molar-refractivity contribution in [3.05, 3.63) is 23.4 Å². The number of pyridine rings is 1. The molecule has 0 N–H and O–H groups in total. The molecule has 1 aromatic heterocycles. The summed E-state index contributed by atoms with van der Waals surface area (Å²) in [7, 11) is 6.07. The summed E-state index contributed by atoms with van der Waals surface area (Å²) in [5.74, 6) is 0.860. The normalized spacial score (nSPS) is 10.2. The number of aromatic nitrogens is 1. The van der Waals surface area contributed by atoms with Gasteiger partial charge in [-0.15, -0.1) is 0 Å². The van der Waals surface area contributed by atoms with Crippen LogP contribution >= 0.6 is 0 Å². The molecule has 0 bridgehead atoms. The molecule has 1 heterocycles. The summed E-state index contributed by atoms with van der Waals surface area (Å²) >= 11 is 0. The highest BCUT2D eigenvalue weighted by Gasteiger charge is 2.05. The van der Waals surface area contributed by atoms with Gasteiger partial charge in [-0.05, 0) is 33.2 Å². The van der Waals surface area contributed by atoms with Gasteiger partial charge in [0, 0.05) is 25.8 Å². The molecule has 0 fully saturated rings. The number of hydrogen-bond donors (Lipinski definition) is 0. The SMILES string of the molecule is Cc1cc(C#N)cc(N(C)CCN(C)C)n1. The third-order valence-corrected chi connectivity index (χ3v) is 2.34. The summed E-state index contributed by atoms with van der Waals surface area (Å²) in [6.45, 7) is 3.77. The lowest BCUT2D eigenvalue weighted by atomic mass is 10.2. The molecule has 0 saturated carbocycles. The highest BCUT2D eigenvalue weighted by molar-refractivity contribution is 5.45. The molecule has 4 heteroatoms. The van der Waals surface area contributed by atoms with Gasteiger partial charge in [-0.1, -0.05) is 0 Å². The monoisotopic (exact) mass is 218 g/mol. The summed E-state index contributed by atoms with van der Waals surface area (Å²) < 4.78 is 0. The predicted molar refractivity (Wildman–Crippen MR) is 65.5 cm³/mol. The minimum absolute atomic E-state index is 0.666. The zero-order chi connectivity index (χ0) is 12.1. The van der Waals surface area contributed by atoms with Crippen molar-refractivity contribution in [2.75, 3.05) is 39.1 Å². The fourth-order valence-corrected chi connectivity index (χ4v) is 1.38. The van der Waals surface area contributed by atoms with Crippen LogP contribution in [-0.4, -0.2) is 44.1 Å². The first-order valence-corrected chi connectivity index (χ1v) is 5.27. The molecule has 0 spiro atoms. The fraction of sp³-hybridized carbons (Fsp3) is 0.500. The zero-order valence-electron chi connectivity index (χ0n) is 10.4. The van der Waals surface area contributed by atoms with E-state index < -0.39 is 0 Å². The molecule has 1 aromatic rings. The van der Waals surface area contributed by atoms with E-state index in [0.717, 1.165) is 24.6 Å². The third-order valence-electron chi connectivity index (χ3n) is 2.34. The van der Waals surface area contributed by atoms with E-state index in [2.05, 4.69) is 20.9 Å². The van der Waals surface area contributed by atoms with Crippen molar-refractivity contribution >= 4 is 5.82 Å². The van der Waals surface area contributed by atoms with Gasteiger partial charge in [0.25, 0.3) is 0 Å². The van der Waals surface area contributed by atoms with Crippen molar-refractivity contribution in [3.63, 3.8) is 0 Å². The standard InChI is InChI=1S/C12H18N4/c1-10-7-11(9-13)8-12(14-10)16(4)6-5-15(2)3/h7-8H,5-6H2,1-4H3. The fourth-order valence-electron chi connectivity index (χ4n) is 1.38. The molecular formula is C12H18N4. The lowest BCUT2D eigenvalue weighted by Gasteiger charge is -2.21. The van der Waals surface area contributed by atoms with Crippen molar-refractivity contribution in [2.24, 2.45) is 0 Å². The number of hydrogen-bond acceptors (Lipinski definition) is 4. The number of rotatable bonds is 4. The van der Waals surface area contributed by atoms with Crippen molar-refractivity contribution < 1.29 is 0 Å². The van der Waals surface area contributed by atoms with Gasteiger partial charge in [0.05, 0.1) is 11.6 Å². The maximum absolute atomic E-state index is 8.88. The second-order valence-corrected chi connectivity index (χ2v) is 4.19. The van der Waals surface area contributed by atoms with Crippen LogP contribution in [0.1, 0.15) is 11.3 Å². The van der Waals surface area contributed by atoms with Crippen LogP contribution in [0.15, 0.2) is 12.1 Å². The first kappa shape index (κ1) is 12.5. The van der Waals surface area contributed by atoms with Crippen molar-refractivity contribution in [2.45, 2.75) is 6.92 Å². The topological polar surface area (TPSA) is 43.2 Å². The lowest BCUT2D eigenvalue weighted by molar-refractivity contribution is 0.416. The van der Waals surface area contributed by atoms with E-state index in [1.165, 1.54) is 0 Å². The molecule has 0 saturated heterocycles. The van der Waals surface area contributed by atoms with E-state index in [0.29, 0.717) is 5.56 Å². The smallest absolute Gasteiger partial charge is 0.129 e. The Hall–Kier alpha value is -1.60. The van der Waals surface area contributed by atoms with Gasteiger partial charge in [-0.25, -0.2) is 4.98 Å². The number of anilines is 1. The predicted octanol–water partition coefficient (Wildman–Crippen LogP) is 1.26. The second kappa shape index (κ2) is 5.47. The quantitative estimate of drug-likeness (QED) is 0.763. The van der Waals surface area contributed by atoms with Gasteiger partial charge in [0.2, 0.25) is 0 Å². The summed E-state index contributed by atoms with van der Waals surface area (Å²) in [4.78, 5) is 8.60. The van der Waals surface area contributed by atoms with Crippen LogP contribution in [-0.2, 0) is 0 Å². The van der Waals surface area contributed by atoms with Crippen LogP contribution in [0, 0.1) is 18.3 Å². The highest BCUT2D eigenvalue weighted by atomic mass is 15.2. The van der Waals surface area contributed by atoms with Crippen molar-refractivity contribution in [1.29, 1.82) is 5.26 Å².